The fourth-order valence-corrected chi connectivity index (χ4v) is 3.63. The summed E-state index contributed by atoms with van der Waals surface area (Å²) in [6.45, 7) is 6.20. The highest BCUT2D eigenvalue weighted by atomic mass is 16.5. The molecule has 2 heterocycles. The molecule has 0 aromatic heterocycles. The Morgan fingerprint density at radius 1 is 1.16 bits per heavy atom. The number of hydrogen-bond acceptors (Lipinski definition) is 3. The molecule has 2 aliphatic rings. The van der Waals surface area contributed by atoms with Gasteiger partial charge in [0.15, 0.2) is 0 Å². The van der Waals surface area contributed by atoms with E-state index in [-0.39, 0.29) is 17.8 Å². The first-order valence-corrected chi connectivity index (χ1v) is 7.10. The molecule has 104 valence electrons. The van der Waals surface area contributed by atoms with Crippen LogP contribution in [-0.4, -0.2) is 22.9 Å². The average molecular weight is 262 g/mol. The first-order chi connectivity index (χ1) is 8.97. The minimum absolute atomic E-state index is 0.183. The summed E-state index contributed by atoms with van der Waals surface area (Å²) >= 11 is 0. The van der Waals surface area contributed by atoms with Crippen molar-refractivity contribution in [3.63, 3.8) is 0 Å². The Bertz CT molecular complexity index is 473. The lowest BCUT2D eigenvalue weighted by Gasteiger charge is -2.46. The summed E-state index contributed by atoms with van der Waals surface area (Å²) in [6, 6.07) is 6.05. The van der Waals surface area contributed by atoms with Gasteiger partial charge in [0.2, 0.25) is 0 Å². The summed E-state index contributed by atoms with van der Waals surface area (Å²) in [4.78, 5) is 0. The van der Waals surface area contributed by atoms with Crippen molar-refractivity contribution >= 4 is 0 Å². The molecular formula is C16H22O3. The second-order valence-corrected chi connectivity index (χ2v) is 6.21. The highest BCUT2D eigenvalue weighted by Gasteiger charge is 2.45. The summed E-state index contributed by atoms with van der Waals surface area (Å²) in [7, 11) is 0. The monoisotopic (exact) mass is 262 g/mol. The Balaban J connectivity index is 1.94. The predicted molar refractivity (Wildman–Crippen MR) is 73.4 cm³/mol. The lowest BCUT2D eigenvalue weighted by molar-refractivity contribution is -0.140. The largest absolute Gasteiger partial charge is 0.487 e. The molecule has 19 heavy (non-hydrogen) atoms. The van der Waals surface area contributed by atoms with Crippen molar-refractivity contribution in [1.29, 1.82) is 0 Å². The fourth-order valence-electron chi connectivity index (χ4n) is 3.63. The van der Waals surface area contributed by atoms with E-state index in [0.717, 1.165) is 29.7 Å². The van der Waals surface area contributed by atoms with Crippen molar-refractivity contribution in [2.75, 3.05) is 0 Å². The predicted octanol–water partition coefficient (Wildman–Crippen LogP) is 3.14. The van der Waals surface area contributed by atoms with E-state index in [1.807, 2.05) is 25.1 Å². The van der Waals surface area contributed by atoms with Gasteiger partial charge in [-0.1, -0.05) is 11.6 Å². The van der Waals surface area contributed by atoms with Crippen LogP contribution in [0, 0.1) is 6.92 Å². The Morgan fingerprint density at radius 3 is 2.53 bits per heavy atom. The minimum atomic E-state index is -0.429. The molecule has 1 N–H and O–H groups in total. The lowest BCUT2D eigenvalue weighted by Crippen LogP contribution is -2.50. The standard InChI is InChI=1S/C16H22O3/c1-10-4-5-15-13(6-10)14(17)9-16(19-15)7-11(2)18-12(3)8-16/h4-6,11-12,14,17H,7-9H2,1-3H3. The zero-order valence-corrected chi connectivity index (χ0v) is 11.8. The van der Waals surface area contributed by atoms with Crippen molar-refractivity contribution in [2.24, 2.45) is 0 Å². The van der Waals surface area contributed by atoms with Crippen LogP contribution >= 0.6 is 0 Å². The lowest BCUT2D eigenvalue weighted by atomic mass is 9.79. The van der Waals surface area contributed by atoms with Gasteiger partial charge in [-0.3, -0.25) is 0 Å². The Morgan fingerprint density at radius 2 is 1.84 bits per heavy atom. The van der Waals surface area contributed by atoms with E-state index in [9.17, 15) is 5.11 Å². The quantitative estimate of drug-likeness (QED) is 0.780. The van der Waals surface area contributed by atoms with E-state index in [1.54, 1.807) is 0 Å². The van der Waals surface area contributed by atoms with E-state index in [2.05, 4.69) is 13.8 Å². The summed E-state index contributed by atoms with van der Waals surface area (Å²) < 4.78 is 12.1. The van der Waals surface area contributed by atoms with Gasteiger partial charge in [-0.25, -0.2) is 0 Å². The van der Waals surface area contributed by atoms with Gasteiger partial charge < -0.3 is 14.6 Å². The number of aryl methyl sites for hydroxylation is 1. The van der Waals surface area contributed by atoms with E-state index >= 15 is 0 Å². The van der Waals surface area contributed by atoms with Crippen LogP contribution in [0.25, 0.3) is 0 Å². The van der Waals surface area contributed by atoms with Gasteiger partial charge in [-0.2, -0.15) is 0 Å². The number of aliphatic hydroxyl groups is 1. The van der Waals surface area contributed by atoms with Crippen LogP contribution in [0.1, 0.15) is 50.3 Å². The Labute approximate surface area is 114 Å². The van der Waals surface area contributed by atoms with Crippen LogP contribution < -0.4 is 4.74 Å². The number of fused-ring (bicyclic) bond motifs is 1. The normalized spacial score (nSPS) is 37.8. The zero-order chi connectivity index (χ0) is 13.6. The van der Waals surface area contributed by atoms with E-state index in [4.69, 9.17) is 9.47 Å². The molecule has 1 fully saturated rings. The van der Waals surface area contributed by atoms with Crippen LogP contribution in [0.4, 0.5) is 0 Å². The van der Waals surface area contributed by atoms with Gasteiger partial charge in [0, 0.05) is 24.8 Å². The molecule has 0 amide bonds. The minimum Gasteiger partial charge on any atom is -0.487 e. The number of aliphatic hydroxyl groups excluding tert-OH is 1. The van der Waals surface area contributed by atoms with E-state index in [0.29, 0.717) is 6.42 Å². The Kier molecular flexibility index (Phi) is 3.06. The van der Waals surface area contributed by atoms with Gasteiger partial charge in [0.05, 0.1) is 18.3 Å². The van der Waals surface area contributed by atoms with Crippen LogP contribution in [0.15, 0.2) is 18.2 Å². The first kappa shape index (κ1) is 12.9. The van der Waals surface area contributed by atoms with Crippen molar-refractivity contribution in [1.82, 2.24) is 0 Å². The zero-order valence-electron chi connectivity index (χ0n) is 11.8. The van der Waals surface area contributed by atoms with Crippen LogP contribution in [0.2, 0.25) is 0 Å². The van der Waals surface area contributed by atoms with Crippen molar-refractivity contribution in [3.8, 4) is 5.75 Å². The molecule has 3 atom stereocenters. The molecule has 2 aliphatic heterocycles. The number of ether oxygens (including phenoxy) is 2. The summed E-state index contributed by atoms with van der Waals surface area (Å²) in [5.41, 5.74) is 1.82. The summed E-state index contributed by atoms with van der Waals surface area (Å²) in [5, 5.41) is 10.5. The molecule has 1 aromatic carbocycles. The maximum Gasteiger partial charge on any atom is 0.125 e. The smallest absolute Gasteiger partial charge is 0.125 e. The molecule has 1 aromatic rings. The van der Waals surface area contributed by atoms with Gasteiger partial charge in [-0.15, -0.1) is 0 Å². The number of benzene rings is 1. The highest BCUT2D eigenvalue weighted by Crippen LogP contribution is 2.46. The molecule has 0 saturated carbocycles. The highest BCUT2D eigenvalue weighted by molar-refractivity contribution is 5.41. The third-order valence-corrected chi connectivity index (χ3v) is 4.20. The average Bonchev–Trinajstić information content (AvgIpc) is 2.28. The number of rotatable bonds is 0. The van der Waals surface area contributed by atoms with Gasteiger partial charge >= 0.3 is 0 Å². The van der Waals surface area contributed by atoms with Crippen molar-refractivity contribution < 1.29 is 14.6 Å². The maximum atomic E-state index is 10.5. The first-order valence-electron chi connectivity index (χ1n) is 7.10. The molecule has 1 saturated heterocycles. The van der Waals surface area contributed by atoms with E-state index < -0.39 is 6.10 Å². The van der Waals surface area contributed by atoms with E-state index in [1.165, 1.54) is 0 Å². The molecule has 1 spiro atoms. The summed E-state index contributed by atoms with van der Waals surface area (Å²) in [6.07, 6.45) is 2.30. The molecule has 0 radical (unpaired) electrons. The van der Waals surface area contributed by atoms with Crippen molar-refractivity contribution in [3.05, 3.63) is 29.3 Å². The molecule has 3 rings (SSSR count). The fraction of sp³-hybridized carbons (Fsp3) is 0.625. The second-order valence-electron chi connectivity index (χ2n) is 6.21. The van der Waals surface area contributed by atoms with Gasteiger partial charge in [0.1, 0.15) is 11.4 Å². The second kappa shape index (κ2) is 4.50. The molecule has 0 aliphatic carbocycles. The van der Waals surface area contributed by atoms with Crippen LogP contribution in [0.5, 0.6) is 5.75 Å². The van der Waals surface area contributed by atoms with Crippen molar-refractivity contribution in [2.45, 2.75) is 63.9 Å². The van der Waals surface area contributed by atoms with Crippen LogP contribution in [0.3, 0.4) is 0 Å². The summed E-state index contributed by atoms with van der Waals surface area (Å²) in [5.74, 6) is 0.839. The van der Waals surface area contributed by atoms with Gasteiger partial charge in [-0.05, 0) is 32.9 Å². The maximum absolute atomic E-state index is 10.5. The third-order valence-electron chi connectivity index (χ3n) is 4.20. The molecular weight excluding hydrogens is 240 g/mol. The topological polar surface area (TPSA) is 38.7 Å². The molecule has 3 heteroatoms. The number of hydrogen-bond donors (Lipinski definition) is 1. The van der Waals surface area contributed by atoms with Gasteiger partial charge in [0.25, 0.3) is 0 Å². The molecule has 3 nitrogen and oxygen atoms in total. The van der Waals surface area contributed by atoms with Crippen LogP contribution in [-0.2, 0) is 4.74 Å². The molecule has 3 unspecified atom stereocenters. The molecule has 0 bridgehead atoms. The third kappa shape index (κ3) is 2.37. The SMILES string of the molecule is Cc1ccc2c(c1)C(O)CC1(CC(C)OC(C)C1)O2. The Hall–Kier alpha value is -1.06.